The van der Waals surface area contributed by atoms with Crippen molar-refractivity contribution in [2.45, 2.75) is 6.54 Å². The summed E-state index contributed by atoms with van der Waals surface area (Å²) in [5.41, 5.74) is 1.13. The molecule has 18 heavy (non-hydrogen) atoms. The minimum absolute atomic E-state index is 0.0871. The highest BCUT2D eigenvalue weighted by atomic mass is 16.4. The molecule has 0 saturated carbocycles. The van der Waals surface area contributed by atoms with Gasteiger partial charge in [0.15, 0.2) is 0 Å². The number of hydrogen-bond acceptors (Lipinski definition) is 3. The van der Waals surface area contributed by atoms with Crippen LogP contribution in [-0.2, 0) is 6.54 Å². The number of hydrogen-bond donors (Lipinski definition) is 3. The molecule has 3 N–H and O–H groups in total. The molecule has 0 radical (unpaired) electrons. The molecule has 2 rings (SSSR count). The lowest BCUT2D eigenvalue weighted by Crippen LogP contribution is -2.23. The first-order chi connectivity index (χ1) is 8.66. The van der Waals surface area contributed by atoms with Crippen LogP contribution in [0.3, 0.4) is 0 Å². The molecule has 0 unspecified atom stereocenters. The molecule has 6 nitrogen and oxygen atoms in total. The minimum atomic E-state index is -1.12. The van der Waals surface area contributed by atoms with E-state index in [-0.39, 0.29) is 11.6 Å². The van der Waals surface area contributed by atoms with Gasteiger partial charge in [-0.05, 0) is 24.3 Å². The van der Waals surface area contributed by atoms with Crippen LogP contribution in [0.2, 0.25) is 0 Å². The van der Waals surface area contributed by atoms with Crippen molar-refractivity contribution in [3.8, 4) is 0 Å². The smallest absolute Gasteiger partial charge is 0.354 e. The monoisotopic (exact) mass is 245 g/mol. The summed E-state index contributed by atoms with van der Waals surface area (Å²) in [5, 5.41) is 11.4. The van der Waals surface area contributed by atoms with Crippen molar-refractivity contribution in [2.24, 2.45) is 0 Å². The van der Waals surface area contributed by atoms with Crippen molar-refractivity contribution >= 4 is 11.9 Å². The highest BCUT2D eigenvalue weighted by molar-refractivity contribution is 5.94. The number of carboxylic acid groups (broad SMARTS) is 1. The van der Waals surface area contributed by atoms with Crippen LogP contribution in [0, 0.1) is 0 Å². The Bertz CT molecular complexity index is 546. The van der Waals surface area contributed by atoms with E-state index in [0.29, 0.717) is 12.1 Å². The van der Waals surface area contributed by atoms with E-state index in [2.05, 4.69) is 15.3 Å². The standard InChI is InChI=1S/C12H11N3O3/c16-11(15-7-9-2-1-5-13-9)8-3-4-10(12(17)18)14-6-8/h1-6,13H,7H2,(H,15,16)(H,17,18). The topological polar surface area (TPSA) is 95.1 Å². The van der Waals surface area contributed by atoms with Gasteiger partial charge in [0, 0.05) is 18.1 Å². The van der Waals surface area contributed by atoms with Crippen molar-refractivity contribution in [2.75, 3.05) is 0 Å². The number of aromatic carboxylic acids is 1. The lowest BCUT2D eigenvalue weighted by Gasteiger charge is -2.03. The zero-order valence-corrected chi connectivity index (χ0v) is 9.38. The third kappa shape index (κ3) is 2.73. The number of nitrogens with zero attached hydrogens (tertiary/aromatic N) is 1. The summed E-state index contributed by atoms with van der Waals surface area (Å²) in [6.07, 6.45) is 3.01. The van der Waals surface area contributed by atoms with E-state index in [4.69, 9.17) is 5.11 Å². The Morgan fingerprint density at radius 3 is 2.72 bits per heavy atom. The van der Waals surface area contributed by atoms with Gasteiger partial charge in [0.2, 0.25) is 0 Å². The summed E-state index contributed by atoms with van der Waals surface area (Å²) in [5.74, 6) is -1.41. The van der Waals surface area contributed by atoms with Gasteiger partial charge in [0.05, 0.1) is 12.1 Å². The molecule has 1 amide bonds. The lowest BCUT2D eigenvalue weighted by molar-refractivity contribution is 0.0689. The zero-order valence-electron chi connectivity index (χ0n) is 9.38. The van der Waals surface area contributed by atoms with Crippen LogP contribution in [0.5, 0.6) is 0 Å². The second-order valence-electron chi connectivity index (χ2n) is 3.62. The molecular weight excluding hydrogens is 234 g/mol. The first-order valence-electron chi connectivity index (χ1n) is 5.26. The highest BCUT2D eigenvalue weighted by Crippen LogP contribution is 2.01. The average molecular weight is 245 g/mol. The van der Waals surface area contributed by atoms with Crippen LogP contribution < -0.4 is 5.32 Å². The van der Waals surface area contributed by atoms with Crippen LogP contribution in [-0.4, -0.2) is 27.0 Å². The summed E-state index contributed by atoms with van der Waals surface area (Å²) in [7, 11) is 0. The molecule has 2 aromatic rings. The van der Waals surface area contributed by atoms with Gasteiger partial charge in [-0.2, -0.15) is 0 Å². The van der Waals surface area contributed by atoms with Crippen LogP contribution >= 0.6 is 0 Å². The van der Waals surface area contributed by atoms with Gasteiger partial charge in [-0.1, -0.05) is 0 Å². The Morgan fingerprint density at radius 1 is 1.33 bits per heavy atom. The first-order valence-corrected chi connectivity index (χ1v) is 5.26. The molecule has 0 spiro atoms. The Labute approximate surface area is 103 Å². The molecule has 92 valence electrons. The first kappa shape index (κ1) is 11.8. The lowest BCUT2D eigenvalue weighted by atomic mass is 10.2. The Hall–Kier alpha value is -2.63. The maximum Gasteiger partial charge on any atom is 0.354 e. The Kier molecular flexibility index (Phi) is 3.38. The van der Waals surface area contributed by atoms with Crippen molar-refractivity contribution in [3.63, 3.8) is 0 Å². The number of carboxylic acids is 1. The number of carbonyl (C=O) groups is 2. The molecular formula is C12H11N3O3. The van der Waals surface area contributed by atoms with Gasteiger partial charge < -0.3 is 15.4 Å². The van der Waals surface area contributed by atoms with Crippen LogP contribution in [0.1, 0.15) is 26.5 Å². The SMILES string of the molecule is O=C(NCc1ccc[nH]1)c1ccc(C(=O)O)nc1. The second-order valence-corrected chi connectivity index (χ2v) is 3.62. The fraction of sp³-hybridized carbons (Fsp3) is 0.0833. The number of nitrogens with one attached hydrogen (secondary N) is 2. The number of carbonyl (C=O) groups excluding carboxylic acids is 1. The number of aromatic amines is 1. The van der Waals surface area contributed by atoms with Crippen LogP contribution in [0.25, 0.3) is 0 Å². The Morgan fingerprint density at radius 2 is 2.17 bits per heavy atom. The molecule has 0 bridgehead atoms. The average Bonchev–Trinajstić information content (AvgIpc) is 2.89. The van der Waals surface area contributed by atoms with Gasteiger partial charge in [-0.3, -0.25) is 4.79 Å². The molecule has 6 heteroatoms. The van der Waals surface area contributed by atoms with Crippen LogP contribution in [0.15, 0.2) is 36.7 Å². The third-order valence-corrected chi connectivity index (χ3v) is 2.35. The number of aromatic nitrogens is 2. The van der Waals surface area contributed by atoms with Gasteiger partial charge >= 0.3 is 5.97 Å². The number of pyridine rings is 1. The van der Waals surface area contributed by atoms with E-state index in [1.165, 1.54) is 18.3 Å². The minimum Gasteiger partial charge on any atom is -0.477 e. The summed E-state index contributed by atoms with van der Waals surface area (Å²) in [6, 6.07) is 6.42. The van der Waals surface area contributed by atoms with Crippen LogP contribution in [0.4, 0.5) is 0 Å². The molecule has 2 aromatic heterocycles. The molecule has 0 aliphatic rings. The van der Waals surface area contributed by atoms with E-state index in [9.17, 15) is 9.59 Å². The molecule has 0 aromatic carbocycles. The molecule has 0 aliphatic carbocycles. The van der Waals surface area contributed by atoms with E-state index in [0.717, 1.165) is 5.69 Å². The second kappa shape index (κ2) is 5.13. The molecule has 0 fully saturated rings. The van der Waals surface area contributed by atoms with Crippen molar-refractivity contribution in [1.29, 1.82) is 0 Å². The summed E-state index contributed by atoms with van der Waals surface area (Å²) in [4.78, 5) is 28.9. The quantitative estimate of drug-likeness (QED) is 0.749. The predicted molar refractivity (Wildman–Crippen MR) is 63.2 cm³/mol. The maximum atomic E-state index is 11.7. The largest absolute Gasteiger partial charge is 0.477 e. The van der Waals surface area contributed by atoms with Gasteiger partial charge in [0.25, 0.3) is 5.91 Å². The van der Waals surface area contributed by atoms with E-state index in [1.807, 2.05) is 12.1 Å². The van der Waals surface area contributed by atoms with Gasteiger partial charge in [0.1, 0.15) is 5.69 Å². The highest BCUT2D eigenvalue weighted by Gasteiger charge is 2.08. The normalized spacial score (nSPS) is 10.0. The molecule has 0 atom stereocenters. The number of rotatable bonds is 4. The summed E-state index contributed by atoms with van der Waals surface area (Å²) in [6.45, 7) is 0.381. The van der Waals surface area contributed by atoms with Crippen molar-refractivity contribution in [3.05, 3.63) is 53.6 Å². The zero-order chi connectivity index (χ0) is 13.0. The third-order valence-electron chi connectivity index (χ3n) is 2.35. The summed E-state index contributed by atoms with van der Waals surface area (Å²) < 4.78 is 0. The van der Waals surface area contributed by atoms with Crippen molar-refractivity contribution < 1.29 is 14.7 Å². The van der Waals surface area contributed by atoms with Gasteiger partial charge in [-0.15, -0.1) is 0 Å². The Balaban J connectivity index is 1.98. The summed E-state index contributed by atoms with van der Waals surface area (Å²) >= 11 is 0. The number of H-pyrrole nitrogens is 1. The van der Waals surface area contributed by atoms with E-state index in [1.54, 1.807) is 6.20 Å². The molecule has 0 saturated heterocycles. The number of amides is 1. The fourth-order valence-electron chi connectivity index (χ4n) is 1.41. The van der Waals surface area contributed by atoms with E-state index < -0.39 is 5.97 Å². The maximum absolute atomic E-state index is 11.7. The van der Waals surface area contributed by atoms with Crippen molar-refractivity contribution in [1.82, 2.24) is 15.3 Å². The fourth-order valence-corrected chi connectivity index (χ4v) is 1.41. The van der Waals surface area contributed by atoms with Gasteiger partial charge in [-0.25, -0.2) is 9.78 Å². The predicted octanol–water partition coefficient (Wildman–Crippen LogP) is 1.04. The van der Waals surface area contributed by atoms with E-state index >= 15 is 0 Å². The molecule has 0 aliphatic heterocycles. The molecule has 2 heterocycles.